The fraction of sp³-hybridized carbons (Fsp3) is 0.467. The number of unbranched alkanes of at least 4 members (excludes halogenated alkanes) is 1. The Balaban J connectivity index is 2.43. The summed E-state index contributed by atoms with van der Waals surface area (Å²) in [5.41, 5.74) is 0.789. The van der Waals surface area contributed by atoms with Crippen molar-refractivity contribution in [3.63, 3.8) is 0 Å². The predicted octanol–water partition coefficient (Wildman–Crippen LogP) is 2.69. The Labute approximate surface area is 118 Å². The van der Waals surface area contributed by atoms with Crippen LogP contribution in [0.4, 0.5) is 4.39 Å². The van der Waals surface area contributed by atoms with Crippen molar-refractivity contribution in [1.29, 1.82) is 0 Å². The number of carbonyl (C=O) groups excluding carboxylic acids is 1. The molecule has 0 saturated carbocycles. The van der Waals surface area contributed by atoms with Gasteiger partial charge in [0.2, 0.25) is 5.91 Å². The summed E-state index contributed by atoms with van der Waals surface area (Å²) >= 11 is 0. The zero-order chi connectivity index (χ0) is 15.0. The Hall–Kier alpha value is -1.91. The van der Waals surface area contributed by atoms with E-state index in [-0.39, 0.29) is 24.1 Å². The minimum absolute atomic E-state index is 0.102. The maximum Gasteiger partial charge on any atom is 0.303 e. The largest absolute Gasteiger partial charge is 0.481 e. The number of nitrogens with one attached hydrogen (secondary N) is 1. The number of carbonyl (C=O) groups is 2. The summed E-state index contributed by atoms with van der Waals surface area (Å²) < 4.78 is 12.9. The summed E-state index contributed by atoms with van der Waals surface area (Å²) in [5.74, 6) is -1.55. The van der Waals surface area contributed by atoms with Gasteiger partial charge in [-0.2, -0.15) is 0 Å². The molecule has 5 heteroatoms. The van der Waals surface area contributed by atoms with E-state index in [1.54, 1.807) is 12.1 Å². The van der Waals surface area contributed by atoms with Crippen LogP contribution in [0, 0.1) is 5.82 Å². The molecule has 0 aliphatic heterocycles. The van der Waals surface area contributed by atoms with Crippen LogP contribution in [-0.2, 0) is 9.59 Å². The van der Waals surface area contributed by atoms with Crippen molar-refractivity contribution in [2.24, 2.45) is 0 Å². The maximum absolute atomic E-state index is 12.9. The Bertz CT molecular complexity index is 445. The van der Waals surface area contributed by atoms with Crippen molar-refractivity contribution in [2.75, 3.05) is 6.54 Å². The SMILES string of the molecule is CCC(C(=O)NCCCCC(=O)O)c1ccc(F)cc1. The lowest BCUT2D eigenvalue weighted by Gasteiger charge is -2.15. The highest BCUT2D eigenvalue weighted by atomic mass is 19.1. The zero-order valence-corrected chi connectivity index (χ0v) is 11.6. The van der Waals surface area contributed by atoms with Crippen LogP contribution in [0.15, 0.2) is 24.3 Å². The van der Waals surface area contributed by atoms with E-state index in [2.05, 4.69) is 5.32 Å². The van der Waals surface area contributed by atoms with Crippen LogP contribution in [0.3, 0.4) is 0 Å². The van der Waals surface area contributed by atoms with Gasteiger partial charge in [0.05, 0.1) is 5.92 Å². The van der Waals surface area contributed by atoms with Gasteiger partial charge < -0.3 is 10.4 Å². The lowest BCUT2D eigenvalue weighted by Crippen LogP contribution is -2.30. The number of benzene rings is 1. The molecule has 1 aromatic carbocycles. The van der Waals surface area contributed by atoms with Gasteiger partial charge in [0.15, 0.2) is 0 Å². The molecule has 0 heterocycles. The third-order valence-electron chi connectivity index (χ3n) is 3.11. The van der Waals surface area contributed by atoms with E-state index in [1.165, 1.54) is 12.1 Å². The number of carboxylic acids is 1. The normalized spacial score (nSPS) is 11.9. The lowest BCUT2D eigenvalue weighted by atomic mass is 9.95. The summed E-state index contributed by atoms with van der Waals surface area (Å²) in [4.78, 5) is 22.4. The molecular formula is C15H20FNO3. The molecule has 2 N–H and O–H groups in total. The standard InChI is InChI=1S/C15H20FNO3/c1-2-13(11-6-8-12(16)9-7-11)15(20)17-10-4-3-5-14(18)19/h6-9,13H,2-5,10H2,1H3,(H,17,20)(H,18,19). The van der Waals surface area contributed by atoms with E-state index in [9.17, 15) is 14.0 Å². The first-order valence-electron chi connectivity index (χ1n) is 6.79. The second-order valence-corrected chi connectivity index (χ2v) is 4.65. The molecule has 1 amide bonds. The average molecular weight is 281 g/mol. The minimum atomic E-state index is -0.825. The number of hydrogen-bond donors (Lipinski definition) is 2. The molecule has 0 radical (unpaired) electrons. The van der Waals surface area contributed by atoms with Crippen molar-refractivity contribution in [3.05, 3.63) is 35.6 Å². The molecule has 0 aliphatic carbocycles. The lowest BCUT2D eigenvalue weighted by molar-refractivity contribution is -0.137. The first kappa shape index (κ1) is 16.1. The van der Waals surface area contributed by atoms with Gasteiger partial charge in [-0.3, -0.25) is 9.59 Å². The van der Waals surface area contributed by atoms with Crippen LogP contribution < -0.4 is 5.32 Å². The first-order chi connectivity index (χ1) is 9.54. The Morgan fingerprint density at radius 1 is 1.25 bits per heavy atom. The third kappa shape index (κ3) is 5.38. The molecule has 1 rings (SSSR count). The van der Waals surface area contributed by atoms with Gasteiger partial charge in [-0.15, -0.1) is 0 Å². The zero-order valence-electron chi connectivity index (χ0n) is 11.6. The molecule has 4 nitrogen and oxygen atoms in total. The molecule has 0 aromatic heterocycles. The van der Waals surface area contributed by atoms with Gasteiger partial charge in [-0.1, -0.05) is 19.1 Å². The van der Waals surface area contributed by atoms with E-state index >= 15 is 0 Å². The molecule has 20 heavy (non-hydrogen) atoms. The van der Waals surface area contributed by atoms with Crippen LogP contribution in [0.2, 0.25) is 0 Å². The number of halogens is 1. The van der Waals surface area contributed by atoms with Gasteiger partial charge >= 0.3 is 5.97 Å². The number of carboxylic acid groups (broad SMARTS) is 1. The van der Waals surface area contributed by atoms with Crippen LogP contribution in [0.1, 0.15) is 44.1 Å². The van der Waals surface area contributed by atoms with Crippen LogP contribution in [0.25, 0.3) is 0 Å². The number of aliphatic carboxylic acids is 1. The maximum atomic E-state index is 12.9. The Morgan fingerprint density at radius 2 is 1.90 bits per heavy atom. The second-order valence-electron chi connectivity index (χ2n) is 4.65. The summed E-state index contributed by atoms with van der Waals surface area (Å²) in [6, 6.07) is 5.93. The molecule has 0 aliphatic rings. The third-order valence-corrected chi connectivity index (χ3v) is 3.11. The average Bonchev–Trinajstić information content (AvgIpc) is 2.41. The quantitative estimate of drug-likeness (QED) is 0.720. The smallest absolute Gasteiger partial charge is 0.303 e. The first-order valence-corrected chi connectivity index (χ1v) is 6.79. The molecule has 1 aromatic rings. The van der Waals surface area contributed by atoms with E-state index in [4.69, 9.17) is 5.11 Å². The van der Waals surface area contributed by atoms with Crippen LogP contribution in [-0.4, -0.2) is 23.5 Å². The highest BCUT2D eigenvalue weighted by Crippen LogP contribution is 2.20. The molecule has 1 atom stereocenters. The van der Waals surface area contributed by atoms with E-state index in [0.29, 0.717) is 25.8 Å². The molecule has 110 valence electrons. The second kappa shape index (κ2) is 8.30. The van der Waals surface area contributed by atoms with E-state index in [0.717, 1.165) is 5.56 Å². The number of rotatable bonds is 8. The van der Waals surface area contributed by atoms with Gasteiger partial charge in [0, 0.05) is 13.0 Å². The summed E-state index contributed by atoms with van der Waals surface area (Å²) in [7, 11) is 0. The highest BCUT2D eigenvalue weighted by Gasteiger charge is 2.18. The topological polar surface area (TPSA) is 66.4 Å². The monoisotopic (exact) mass is 281 g/mol. The summed E-state index contributed by atoms with van der Waals surface area (Å²) in [5, 5.41) is 11.3. The molecule has 0 bridgehead atoms. The predicted molar refractivity (Wildman–Crippen MR) is 73.9 cm³/mol. The highest BCUT2D eigenvalue weighted by molar-refractivity contribution is 5.83. The van der Waals surface area contributed by atoms with Crippen molar-refractivity contribution in [3.8, 4) is 0 Å². The van der Waals surface area contributed by atoms with Crippen molar-refractivity contribution >= 4 is 11.9 Å². The van der Waals surface area contributed by atoms with Crippen molar-refractivity contribution < 1.29 is 19.1 Å². The minimum Gasteiger partial charge on any atom is -0.481 e. The van der Waals surface area contributed by atoms with E-state index in [1.807, 2.05) is 6.92 Å². The summed E-state index contributed by atoms with van der Waals surface area (Å²) in [6.07, 6.45) is 1.93. The number of hydrogen-bond acceptors (Lipinski definition) is 2. The number of amides is 1. The van der Waals surface area contributed by atoms with Gasteiger partial charge in [0.25, 0.3) is 0 Å². The molecule has 0 spiro atoms. The molecule has 0 saturated heterocycles. The Morgan fingerprint density at radius 3 is 2.45 bits per heavy atom. The summed E-state index contributed by atoms with van der Waals surface area (Å²) in [6.45, 7) is 2.36. The van der Waals surface area contributed by atoms with Crippen LogP contribution in [0.5, 0.6) is 0 Å². The van der Waals surface area contributed by atoms with E-state index < -0.39 is 5.97 Å². The van der Waals surface area contributed by atoms with Gasteiger partial charge in [-0.25, -0.2) is 4.39 Å². The van der Waals surface area contributed by atoms with Gasteiger partial charge in [-0.05, 0) is 37.0 Å². The van der Waals surface area contributed by atoms with Gasteiger partial charge in [0.1, 0.15) is 5.82 Å². The van der Waals surface area contributed by atoms with Crippen LogP contribution >= 0.6 is 0 Å². The van der Waals surface area contributed by atoms with Crippen molar-refractivity contribution in [1.82, 2.24) is 5.32 Å². The fourth-order valence-corrected chi connectivity index (χ4v) is 2.00. The Kier molecular flexibility index (Phi) is 6.70. The fourth-order valence-electron chi connectivity index (χ4n) is 2.00. The molecular weight excluding hydrogens is 261 g/mol. The molecule has 0 fully saturated rings. The van der Waals surface area contributed by atoms with Crippen molar-refractivity contribution in [2.45, 2.75) is 38.5 Å². The molecule has 1 unspecified atom stereocenters.